The molecule has 0 atom stereocenters. The van der Waals surface area contributed by atoms with Crippen molar-refractivity contribution in [2.75, 3.05) is 0 Å². The van der Waals surface area contributed by atoms with E-state index in [1.54, 1.807) is 6.20 Å². The number of benzene rings is 1. The van der Waals surface area contributed by atoms with E-state index >= 15 is 0 Å². The molecule has 18 heavy (non-hydrogen) atoms. The maximum atomic E-state index is 12.3. The molecule has 0 N–H and O–H groups in total. The molecule has 1 heterocycles. The smallest absolute Gasteiger partial charge is 0.170 e. The maximum absolute atomic E-state index is 12.3. The van der Waals surface area contributed by atoms with E-state index in [1.807, 2.05) is 35.0 Å². The average Bonchev–Trinajstić information content (AvgIpc) is 2.85. The van der Waals surface area contributed by atoms with Gasteiger partial charge in [0, 0.05) is 24.5 Å². The van der Waals surface area contributed by atoms with Crippen molar-refractivity contribution in [1.82, 2.24) is 9.55 Å². The zero-order valence-corrected chi connectivity index (χ0v) is 10.9. The number of hydrogen-bond acceptors (Lipinski definition) is 2. The summed E-state index contributed by atoms with van der Waals surface area (Å²) in [5, 5.41) is 0. The molecular weight excluding hydrogens is 224 g/mol. The Labute approximate surface area is 107 Å². The number of carbonyl (C=O) groups excluding carboxylic acids is 1. The number of carbonyl (C=O) groups is 1. The van der Waals surface area contributed by atoms with Gasteiger partial charge in [-0.05, 0) is 18.9 Å². The van der Waals surface area contributed by atoms with Crippen molar-refractivity contribution in [1.29, 1.82) is 0 Å². The monoisotopic (exact) mass is 242 g/mol. The van der Waals surface area contributed by atoms with Crippen LogP contribution in [-0.2, 0) is 19.4 Å². The number of imidazole rings is 1. The number of aryl methyl sites for hydroxylation is 2. The van der Waals surface area contributed by atoms with Gasteiger partial charge in [-0.3, -0.25) is 4.79 Å². The predicted molar refractivity (Wildman–Crippen MR) is 71.8 cm³/mol. The average molecular weight is 242 g/mol. The van der Waals surface area contributed by atoms with Crippen LogP contribution in [0.2, 0.25) is 0 Å². The second-order valence-corrected chi connectivity index (χ2v) is 4.24. The number of nitrogens with zero attached hydrogens (tertiary/aromatic N) is 2. The van der Waals surface area contributed by atoms with E-state index in [9.17, 15) is 4.79 Å². The zero-order valence-electron chi connectivity index (χ0n) is 10.9. The van der Waals surface area contributed by atoms with E-state index in [0.717, 1.165) is 29.9 Å². The summed E-state index contributed by atoms with van der Waals surface area (Å²) in [6.07, 6.45) is 4.91. The SMILES string of the molecule is CCc1ccccc1C(=O)Cc1nccn1CC. The number of ketones is 1. The van der Waals surface area contributed by atoms with Crippen LogP contribution in [0, 0.1) is 0 Å². The van der Waals surface area contributed by atoms with Crippen molar-refractivity contribution >= 4 is 5.78 Å². The van der Waals surface area contributed by atoms with E-state index in [0.29, 0.717) is 6.42 Å². The van der Waals surface area contributed by atoms with E-state index in [1.165, 1.54) is 0 Å². The third-order valence-electron chi connectivity index (χ3n) is 3.16. The molecule has 0 saturated carbocycles. The Hall–Kier alpha value is -1.90. The topological polar surface area (TPSA) is 34.9 Å². The summed E-state index contributed by atoms with van der Waals surface area (Å²) in [6.45, 7) is 4.97. The van der Waals surface area contributed by atoms with Gasteiger partial charge in [-0.1, -0.05) is 31.2 Å². The lowest BCUT2D eigenvalue weighted by Crippen LogP contribution is -2.11. The third-order valence-corrected chi connectivity index (χ3v) is 3.16. The molecule has 1 aromatic heterocycles. The number of rotatable bonds is 5. The lowest BCUT2D eigenvalue weighted by Gasteiger charge is -2.07. The molecule has 94 valence electrons. The molecule has 0 spiro atoms. The molecular formula is C15H18N2O. The Morgan fingerprint density at radius 3 is 2.78 bits per heavy atom. The number of aromatic nitrogens is 2. The van der Waals surface area contributed by atoms with Crippen LogP contribution in [0.1, 0.15) is 35.6 Å². The molecule has 0 aliphatic rings. The quantitative estimate of drug-likeness (QED) is 0.756. The Bertz CT molecular complexity index is 543. The summed E-state index contributed by atoms with van der Waals surface area (Å²) >= 11 is 0. The maximum Gasteiger partial charge on any atom is 0.170 e. The molecule has 2 aromatic rings. The van der Waals surface area contributed by atoms with Crippen LogP contribution in [0.25, 0.3) is 0 Å². The van der Waals surface area contributed by atoms with Crippen LogP contribution in [0.4, 0.5) is 0 Å². The first-order valence-electron chi connectivity index (χ1n) is 6.37. The second-order valence-electron chi connectivity index (χ2n) is 4.24. The fourth-order valence-corrected chi connectivity index (χ4v) is 2.13. The molecule has 0 bridgehead atoms. The van der Waals surface area contributed by atoms with Gasteiger partial charge in [-0.25, -0.2) is 4.98 Å². The van der Waals surface area contributed by atoms with E-state index < -0.39 is 0 Å². The molecule has 0 unspecified atom stereocenters. The molecule has 0 aliphatic carbocycles. The Morgan fingerprint density at radius 1 is 1.28 bits per heavy atom. The highest BCUT2D eigenvalue weighted by molar-refractivity contribution is 5.98. The zero-order chi connectivity index (χ0) is 13.0. The van der Waals surface area contributed by atoms with Gasteiger partial charge in [0.2, 0.25) is 0 Å². The molecule has 2 rings (SSSR count). The van der Waals surface area contributed by atoms with Gasteiger partial charge in [0.15, 0.2) is 5.78 Å². The van der Waals surface area contributed by atoms with Crippen LogP contribution < -0.4 is 0 Å². The first-order valence-corrected chi connectivity index (χ1v) is 6.37. The molecule has 3 nitrogen and oxygen atoms in total. The lowest BCUT2D eigenvalue weighted by atomic mass is 10.00. The Balaban J connectivity index is 2.22. The first kappa shape index (κ1) is 12.6. The van der Waals surface area contributed by atoms with Crippen LogP contribution in [0.5, 0.6) is 0 Å². The summed E-state index contributed by atoms with van der Waals surface area (Å²) in [7, 11) is 0. The van der Waals surface area contributed by atoms with Gasteiger partial charge in [-0.2, -0.15) is 0 Å². The van der Waals surface area contributed by atoms with E-state index in [-0.39, 0.29) is 5.78 Å². The van der Waals surface area contributed by atoms with Crippen molar-refractivity contribution in [2.24, 2.45) is 0 Å². The van der Waals surface area contributed by atoms with Crippen molar-refractivity contribution < 1.29 is 4.79 Å². The molecule has 1 aromatic carbocycles. The highest BCUT2D eigenvalue weighted by atomic mass is 16.1. The fraction of sp³-hybridized carbons (Fsp3) is 0.333. The van der Waals surface area contributed by atoms with Gasteiger partial charge in [0.1, 0.15) is 5.82 Å². The van der Waals surface area contributed by atoms with Gasteiger partial charge < -0.3 is 4.57 Å². The number of Topliss-reactive ketones (excluding diaryl/α,β-unsaturated/α-hetero) is 1. The van der Waals surface area contributed by atoms with Crippen molar-refractivity contribution in [2.45, 2.75) is 33.2 Å². The molecule has 0 amide bonds. The summed E-state index contributed by atoms with van der Waals surface area (Å²) in [5.41, 5.74) is 1.93. The van der Waals surface area contributed by atoms with Gasteiger partial charge in [0.05, 0.1) is 6.42 Å². The van der Waals surface area contributed by atoms with E-state index in [2.05, 4.69) is 18.8 Å². The normalized spacial score (nSPS) is 10.6. The first-order chi connectivity index (χ1) is 8.76. The summed E-state index contributed by atoms with van der Waals surface area (Å²) in [5.74, 6) is 0.988. The van der Waals surface area contributed by atoms with E-state index in [4.69, 9.17) is 0 Å². The standard InChI is InChI=1S/C15H18N2O/c1-3-12-7-5-6-8-13(12)14(18)11-15-16-9-10-17(15)4-2/h5-10H,3-4,11H2,1-2H3. The summed E-state index contributed by atoms with van der Waals surface area (Å²) in [6, 6.07) is 7.81. The highest BCUT2D eigenvalue weighted by Gasteiger charge is 2.13. The van der Waals surface area contributed by atoms with Gasteiger partial charge in [0.25, 0.3) is 0 Å². The minimum Gasteiger partial charge on any atom is -0.335 e. The van der Waals surface area contributed by atoms with Gasteiger partial charge >= 0.3 is 0 Å². The van der Waals surface area contributed by atoms with Gasteiger partial charge in [-0.15, -0.1) is 0 Å². The molecule has 0 aliphatic heterocycles. The third kappa shape index (κ3) is 2.50. The van der Waals surface area contributed by atoms with Crippen LogP contribution in [-0.4, -0.2) is 15.3 Å². The van der Waals surface area contributed by atoms with Crippen LogP contribution >= 0.6 is 0 Å². The molecule has 3 heteroatoms. The lowest BCUT2D eigenvalue weighted by molar-refractivity contribution is 0.0989. The minimum atomic E-state index is 0.147. The van der Waals surface area contributed by atoms with Crippen LogP contribution in [0.15, 0.2) is 36.7 Å². The van der Waals surface area contributed by atoms with Crippen molar-refractivity contribution in [3.05, 3.63) is 53.6 Å². The largest absolute Gasteiger partial charge is 0.335 e. The number of hydrogen-bond donors (Lipinski definition) is 0. The van der Waals surface area contributed by atoms with Crippen LogP contribution in [0.3, 0.4) is 0 Å². The minimum absolute atomic E-state index is 0.147. The highest BCUT2D eigenvalue weighted by Crippen LogP contribution is 2.13. The fourth-order valence-electron chi connectivity index (χ4n) is 2.13. The second kappa shape index (κ2) is 5.63. The summed E-state index contributed by atoms with van der Waals surface area (Å²) in [4.78, 5) is 16.6. The summed E-state index contributed by atoms with van der Waals surface area (Å²) < 4.78 is 2.01. The Morgan fingerprint density at radius 2 is 2.06 bits per heavy atom. The van der Waals surface area contributed by atoms with Crippen molar-refractivity contribution in [3.63, 3.8) is 0 Å². The van der Waals surface area contributed by atoms with Crippen molar-refractivity contribution in [3.8, 4) is 0 Å². The molecule has 0 radical (unpaired) electrons. The predicted octanol–water partition coefficient (Wildman–Crippen LogP) is 2.89. The Kier molecular flexibility index (Phi) is 3.92. The molecule has 0 fully saturated rings. The molecule has 0 saturated heterocycles.